The molecule has 0 bridgehead atoms. The van der Waals surface area contributed by atoms with Crippen molar-refractivity contribution in [3.05, 3.63) is 229 Å². The molecule has 6 heteroatoms. The number of hydrogen-bond donors (Lipinski definition) is 0. The van der Waals surface area contributed by atoms with E-state index in [0.717, 1.165) is 93.6 Å². The Bertz CT molecular complexity index is 3010. The first-order valence-electron chi connectivity index (χ1n) is 24.1. The topological polar surface area (TPSA) is 41.1 Å². The van der Waals surface area contributed by atoms with Crippen LogP contribution in [0.25, 0.3) is 43.6 Å². The van der Waals surface area contributed by atoms with Gasteiger partial charge in [-0.15, -0.1) is 0 Å². The first kappa shape index (κ1) is 43.2. The van der Waals surface area contributed by atoms with Gasteiger partial charge in [0.15, 0.2) is 0 Å². The zero-order valence-corrected chi connectivity index (χ0v) is 38.2. The lowest BCUT2D eigenvalue weighted by Crippen LogP contribution is -2.20. The molecule has 0 spiro atoms. The molecule has 0 aliphatic carbocycles. The van der Waals surface area contributed by atoms with Gasteiger partial charge in [0.05, 0.1) is 23.8 Å². The maximum atomic E-state index is 5.12. The molecule has 6 nitrogen and oxygen atoms in total. The molecule has 8 aromatic carbocycles. The molecule has 0 aliphatic rings. The minimum Gasteiger partial charge on any atom is -0.340 e. The Morgan fingerprint density at radius 3 is 1.15 bits per heavy atom. The number of benzene rings is 8. The van der Waals surface area contributed by atoms with Crippen molar-refractivity contribution >= 4 is 67.4 Å². The second-order valence-corrected chi connectivity index (χ2v) is 17.5. The van der Waals surface area contributed by atoms with Crippen LogP contribution in [0.3, 0.4) is 0 Å². The largest absolute Gasteiger partial charge is 0.340 e. The smallest absolute Gasteiger partial charge is 0.0593 e. The minimum atomic E-state index is 0.817. The summed E-state index contributed by atoms with van der Waals surface area (Å²) in [5.41, 5.74) is 12.3. The first-order chi connectivity index (χ1) is 33.2. The molecule has 2 heterocycles. The molecule has 0 N–H and O–H groups in total. The third-order valence-corrected chi connectivity index (χ3v) is 13.0. The Hall–Kier alpha value is -7.70. The van der Waals surface area contributed by atoms with Gasteiger partial charge in [0.25, 0.3) is 0 Å². The van der Waals surface area contributed by atoms with Gasteiger partial charge < -0.3 is 9.13 Å². The molecule has 0 unspecified atom stereocenters. The van der Waals surface area contributed by atoms with Gasteiger partial charge >= 0.3 is 0 Å². The molecule has 10 aromatic rings. The monoisotopic (exact) mass is 874 g/mol. The normalized spacial score (nSPS) is 11.8. The number of hydrogen-bond acceptors (Lipinski definition) is 4. The Kier molecular flexibility index (Phi) is 13.6. The summed E-state index contributed by atoms with van der Waals surface area (Å²) in [5.74, 6) is 0. The molecule has 0 saturated heterocycles. The van der Waals surface area contributed by atoms with Crippen LogP contribution < -0.4 is 10.0 Å². The highest BCUT2D eigenvalue weighted by Gasteiger charge is 2.14. The maximum Gasteiger partial charge on any atom is 0.0593 e. The number of hydrazone groups is 2. The van der Waals surface area contributed by atoms with E-state index in [1.807, 2.05) is 12.4 Å². The van der Waals surface area contributed by atoms with Crippen LogP contribution in [0.2, 0.25) is 0 Å². The fraction of sp³-hybridized carbons (Fsp3) is 0.180. The van der Waals surface area contributed by atoms with Crippen molar-refractivity contribution in [2.24, 2.45) is 10.2 Å². The van der Waals surface area contributed by atoms with Crippen molar-refractivity contribution in [3.8, 4) is 0 Å². The number of rotatable bonds is 20. The van der Waals surface area contributed by atoms with E-state index in [1.54, 1.807) is 0 Å². The van der Waals surface area contributed by atoms with Crippen molar-refractivity contribution < 1.29 is 0 Å². The molecule has 0 saturated carbocycles. The molecule has 0 amide bonds. The van der Waals surface area contributed by atoms with Crippen molar-refractivity contribution in [2.45, 2.75) is 58.0 Å². The number of aryl methyl sites for hydroxylation is 4. The number of fused-ring (bicyclic) bond motifs is 6. The van der Waals surface area contributed by atoms with Crippen LogP contribution >= 0.6 is 0 Å². The molecule has 2 aromatic heterocycles. The predicted octanol–water partition coefficient (Wildman–Crippen LogP) is 14.7. The van der Waals surface area contributed by atoms with Gasteiger partial charge in [0.1, 0.15) is 0 Å². The molecule has 0 atom stereocenters. The fourth-order valence-electron chi connectivity index (χ4n) is 9.64. The van der Waals surface area contributed by atoms with Crippen LogP contribution in [0, 0.1) is 0 Å². The van der Waals surface area contributed by atoms with Gasteiger partial charge in [-0.1, -0.05) is 146 Å². The van der Waals surface area contributed by atoms with Crippen LogP contribution in [-0.4, -0.2) is 34.7 Å². The fourth-order valence-corrected chi connectivity index (χ4v) is 9.64. The summed E-state index contributed by atoms with van der Waals surface area (Å²) in [6.45, 7) is 3.59. The molecule has 0 aliphatic heterocycles. The number of anilines is 2. The average Bonchev–Trinajstić information content (AvgIpc) is 3.88. The number of para-hydroxylation sites is 4. The number of unbranched alkanes of at least 4 members (excludes halogenated alkanes) is 2. The predicted molar refractivity (Wildman–Crippen MR) is 285 cm³/mol. The van der Waals surface area contributed by atoms with E-state index in [0.29, 0.717) is 0 Å². The number of aromatic nitrogens is 2. The second-order valence-electron chi connectivity index (χ2n) is 17.5. The van der Waals surface area contributed by atoms with Crippen molar-refractivity contribution in [3.63, 3.8) is 0 Å². The van der Waals surface area contributed by atoms with E-state index in [-0.39, 0.29) is 0 Å². The Morgan fingerprint density at radius 1 is 0.343 bits per heavy atom. The van der Waals surface area contributed by atoms with Gasteiger partial charge in [0, 0.05) is 69.8 Å². The Balaban J connectivity index is 0.804. The van der Waals surface area contributed by atoms with E-state index in [2.05, 4.69) is 225 Å². The second kappa shape index (κ2) is 21.1. The zero-order chi connectivity index (χ0) is 45.0. The van der Waals surface area contributed by atoms with E-state index in [4.69, 9.17) is 10.2 Å². The van der Waals surface area contributed by atoms with Gasteiger partial charge in [-0.05, 0) is 128 Å². The van der Waals surface area contributed by atoms with E-state index < -0.39 is 0 Å². The molecule has 0 radical (unpaired) electrons. The first-order valence-corrected chi connectivity index (χ1v) is 24.1. The van der Waals surface area contributed by atoms with Crippen LogP contribution in [0.15, 0.2) is 216 Å². The molecule has 10 rings (SSSR count). The van der Waals surface area contributed by atoms with Crippen molar-refractivity contribution in [1.29, 1.82) is 0 Å². The van der Waals surface area contributed by atoms with Crippen LogP contribution in [-0.2, 0) is 25.9 Å². The SMILES string of the molecule is C(=NN(CCCCCN(N=Cc1ccc2c(c1)c1ccccc1n2CCCc1ccccc1)c1ccccc1)c1ccccc1)c1ccc2c(c1)c1ccccc1n2CCCc1ccccc1. The van der Waals surface area contributed by atoms with Gasteiger partial charge in [0.2, 0.25) is 0 Å². The highest BCUT2D eigenvalue weighted by Crippen LogP contribution is 2.32. The van der Waals surface area contributed by atoms with E-state index in [9.17, 15) is 0 Å². The third-order valence-electron chi connectivity index (χ3n) is 13.0. The Labute approximate surface area is 394 Å². The summed E-state index contributed by atoms with van der Waals surface area (Å²) < 4.78 is 4.98. The van der Waals surface area contributed by atoms with Gasteiger partial charge in [-0.25, -0.2) is 0 Å². The van der Waals surface area contributed by atoms with Crippen molar-refractivity contribution in [2.75, 3.05) is 23.1 Å². The quantitative estimate of drug-likeness (QED) is 0.0435. The molecule has 0 fully saturated rings. The molecule has 67 heavy (non-hydrogen) atoms. The summed E-state index contributed by atoms with van der Waals surface area (Å²) in [5, 5.41) is 19.7. The summed E-state index contributed by atoms with van der Waals surface area (Å²) in [6.07, 6.45) is 11.4. The third kappa shape index (κ3) is 10.2. The van der Waals surface area contributed by atoms with Crippen molar-refractivity contribution in [1.82, 2.24) is 9.13 Å². The highest BCUT2D eigenvalue weighted by molar-refractivity contribution is 6.10. The number of nitrogens with zero attached hydrogens (tertiary/aromatic N) is 6. The lowest BCUT2D eigenvalue weighted by atomic mass is 10.1. The minimum absolute atomic E-state index is 0.817. The standard InChI is InChI=1S/C61H58N6/c1-6-22-48(23-7-1)26-20-40-64-58-34-16-14-32-54(58)56-44-50(36-38-60(56)64)46-62-66(52-28-10-3-11-29-52)42-18-5-19-43-67(53-30-12-4-13-31-53)63-47-51-37-39-61-57(45-51)55-33-15-17-35-59(55)65(61)41-21-27-49-24-8-2-9-25-49/h1-4,6-17,22-25,28-39,44-47H,5,18-21,26-27,40-43H2. The molecular formula is C61H58N6. The maximum absolute atomic E-state index is 5.12. The van der Waals surface area contributed by atoms with Crippen LogP contribution in [0.1, 0.15) is 54.4 Å². The molecular weight excluding hydrogens is 817 g/mol. The average molecular weight is 875 g/mol. The van der Waals surface area contributed by atoms with Crippen LogP contribution in [0.5, 0.6) is 0 Å². The van der Waals surface area contributed by atoms with E-state index in [1.165, 1.54) is 54.7 Å². The van der Waals surface area contributed by atoms with E-state index >= 15 is 0 Å². The van der Waals surface area contributed by atoms with Crippen LogP contribution in [0.4, 0.5) is 11.4 Å². The summed E-state index contributed by atoms with van der Waals surface area (Å²) in [4.78, 5) is 0. The van der Waals surface area contributed by atoms with Gasteiger partial charge in [-0.2, -0.15) is 10.2 Å². The zero-order valence-electron chi connectivity index (χ0n) is 38.2. The lowest BCUT2D eigenvalue weighted by Gasteiger charge is -2.21. The summed E-state index contributed by atoms with van der Waals surface area (Å²) >= 11 is 0. The lowest BCUT2D eigenvalue weighted by molar-refractivity contribution is 0.648. The summed E-state index contributed by atoms with van der Waals surface area (Å²) in [6, 6.07) is 73.9. The molecule has 332 valence electrons. The van der Waals surface area contributed by atoms with Gasteiger partial charge in [-0.3, -0.25) is 10.0 Å². The Morgan fingerprint density at radius 2 is 0.716 bits per heavy atom. The summed E-state index contributed by atoms with van der Waals surface area (Å²) in [7, 11) is 0. The highest BCUT2D eigenvalue weighted by atomic mass is 15.5.